The molecule has 0 unspecified atom stereocenters. The molecule has 132 valence electrons. The van der Waals surface area contributed by atoms with E-state index >= 15 is 0 Å². The predicted octanol–water partition coefficient (Wildman–Crippen LogP) is 3.26. The fourth-order valence-corrected chi connectivity index (χ4v) is 3.53. The van der Waals surface area contributed by atoms with Gasteiger partial charge in [0.05, 0.1) is 0 Å². The lowest BCUT2D eigenvalue weighted by Crippen LogP contribution is -2.34. The Balaban J connectivity index is 1.71. The van der Waals surface area contributed by atoms with E-state index in [-0.39, 0.29) is 5.91 Å². The fourth-order valence-electron chi connectivity index (χ4n) is 3.40. The van der Waals surface area contributed by atoms with Gasteiger partial charge in [0.25, 0.3) is 0 Å². The Bertz CT molecular complexity index is 690. The number of halogens is 1. The zero-order valence-corrected chi connectivity index (χ0v) is 15.3. The summed E-state index contributed by atoms with van der Waals surface area (Å²) < 4.78 is 0. The average Bonchev–Trinajstić information content (AvgIpc) is 2.80. The summed E-state index contributed by atoms with van der Waals surface area (Å²) in [6.45, 7) is 5.96. The van der Waals surface area contributed by atoms with E-state index in [9.17, 15) is 4.79 Å². The SMILES string of the molecule is CC(=O)N1CCN(Cc2ccc(Cl)cc2)C[C@H](Cc2ccccn2)C1. The molecule has 1 atom stereocenters. The molecular weight excluding hydrogens is 334 g/mol. The van der Waals surface area contributed by atoms with E-state index in [1.807, 2.05) is 35.4 Å². The zero-order chi connectivity index (χ0) is 17.6. The monoisotopic (exact) mass is 357 g/mol. The standard InChI is InChI=1S/C20H24ClN3O/c1-16(25)24-11-10-23(13-17-5-7-19(21)8-6-17)14-18(15-24)12-20-4-2-3-9-22-20/h2-9,18H,10-15H2,1H3/t18-/m0/s1. The molecule has 1 aliphatic rings. The van der Waals surface area contributed by atoms with Crippen LogP contribution in [0.2, 0.25) is 5.02 Å². The van der Waals surface area contributed by atoms with Gasteiger partial charge in [0.15, 0.2) is 0 Å². The minimum atomic E-state index is 0.152. The van der Waals surface area contributed by atoms with Crippen molar-refractivity contribution in [1.29, 1.82) is 0 Å². The summed E-state index contributed by atoms with van der Waals surface area (Å²) in [6.07, 6.45) is 2.72. The van der Waals surface area contributed by atoms with Gasteiger partial charge in [0.1, 0.15) is 0 Å². The highest BCUT2D eigenvalue weighted by Gasteiger charge is 2.24. The number of carbonyl (C=O) groups excluding carboxylic acids is 1. The van der Waals surface area contributed by atoms with Crippen LogP contribution < -0.4 is 0 Å². The van der Waals surface area contributed by atoms with Crippen LogP contribution in [0.15, 0.2) is 48.7 Å². The van der Waals surface area contributed by atoms with Crippen LogP contribution in [0.3, 0.4) is 0 Å². The van der Waals surface area contributed by atoms with Gasteiger partial charge in [0, 0.05) is 56.6 Å². The first-order valence-corrected chi connectivity index (χ1v) is 9.10. The van der Waals surface area contributed by atoms with E-state index < -0.39 is 0 Å². The molecule has 1 saturated heterocycles. The Morgan fingerprint density at radius 3 is 2.64 bits per heavy atom. The molecule has 0 radical (unpaired) electrons. The first-order chi connectivity index (χ1) is 12.1. The number of amides is 1. The number of hydrogen-bond donors (Lipinski definition) is 0. The molecule has 1 aliphatic heterocycles. The Hall–Kier alpha value is -1.91. The maximum atomic E-state index is 11.9. The molecule has 0 bridgehead atoms. The van der Waals surface area contributed by atoms with Crippen LogP contribution in [0, 0.1) is 5.92 Å². The number of benzene rings is 1. The van der Waals surface area contributed by atoms with E-state index in [4.69, 9.17) is 11.6 Å². The number of aromatic nitrogens is 1. The van der Waals surface area contributed by atoms with Crippen LogP contribution in [0.4, 0.5) is 0 Å². The van der Waals surface area contributed by atoms with Crippen molar-refractivity contribution < 1.29 is 4.79 Å². The van der Waals surface area contributed by atoms with Crippen molar-refractivity contribution in [3.63, 3.8) is 0 Å². The minimum Gasteiger partial charge on any atom is -0.341 e. The van der Waals surface area contributed by atoms with Crippen LogP contribution in [0.25, 0.3) is 0 Å². The lowest BCUT2D eigenvalue weighted by Gasteiger charge is -2.24. The highest BCUT2D eigenvalue weighted by Crippen LogP contribution is 2.18. The molecule has 2 heterocycles. The molecule has 0 N–H and O–H groups in total. The zero-order valence-electron chi connectivity index (χ0n) is 14.6. The summed E-state index contributed by atoms with van der Waals surface area (Å²) >= 11 is 5.98. The van der Waals surface area contributed by atoms with Gasteiger partial charge in [0.2, 0.25) is 5.91 Å². The van der Waals surface area contributed by atoms with Gasteiger partial charge >= 0.3 is 0 Å². The Kier molecular flexibility index (Phi) is 6.05. The fraction of sp³-hybridized carbons (Fsp3) is 0.400. The van der Waals surface area contributed by atoms with Crippen LogP contribution in [-0.4, -0.2) is 46.9 Å². The smallest absolute Gasteiger partial charge is 0.219 e. The summed E-state index contributed by atoms with van der Waals surface area (Å²) in [5.41, 5.74) is 2.33. The van der Waals surface area contributed by atoms with Crippen molar-refractivity contribution >= 4 is 17.5 Å². The maximum absolute atomic E-state index is 11.9. The first-order valence-electron chi connectivity index (χ1n) is 8.72. The van der Waals surface area contributed by atoms with Crippen molar-refractivity contribution in [1.82, 2.24) is 14.8 Å². The van der Waals surface area contributed by atoms with Crippen molar-refractivity contribution in [2.75, 3.05) is 26.2 Å². The van der Waals surface area contributed by atoms with Gasteiger partial charge in [-0.05, 0) is 42.2 Å². The second-order valence-corrected chi connectivity index (χ2v) is 7.15. The summed E-state index contributed by atoms with van der Waals surface area (Å²) in [6, 6.07) is 14.0. The topological polar surface area (TPSA) is 36.4 Å². The quantitative estimate of drug-likeness (QED) is 0.842. The summed E-state index contributed by atoms with van der Waals surface area (Å²) in [5.74, 6) is 0.535. The first kappa shape index (κ1) is 17.9. The van der Waals surface area contributed by atoms with Crippen molar-refractivity contribution in [3.05, 3.63) is 64.9 Å². The second-order valence-electron chi connectivity index (χ2n) is 6.72. The largest absolute Gasteiger partial charge is 0.341 e. The van der Waals surface area contributed by atoms with E-state index in [0.29, 0.717) is 5.92 Å². The third-order valence-electron chi connectivity index (χ3n) is 4.67. The lowest BCUT2D eigenvalue weighted by molar-refractivity contribution is -0.129. The van der Waals surface area contributed by atoms with Gasteiger partial charge in [-0.3, -0.25) is 14.7 Å². The number of pyridine rings is 1. The van der Waals surface area contributed by atoms with Crippen molar-refractivity contribution in [2.45, 2.75) is 19.9 Å². The second kappa shape index (κ2) is 8.45. The van der Waals surface area contributed by atoms with Crippen molar-refractivity contribution in [2.24, 2.45) is 5.92 Å². The van der Waals surface area contributed by atoms with Gasteiger partial charge in [-0.25, -0.2) is 0 Å². The van der Waals surface area contributed by atoms with E-state index in [2.05, 4.69) is 28.1 Å². The van der Waals surface area contributed by atoms with Gasteiger partial charge < -0.3 is 4.90 Å². The molecule has 3 rings (SSSR count). The number of rotatable bonds is 4. The molecule has 4 nitrogen and oxygen atoms in total. The van der Waals surface area contributed by atoms with Gasteiger partial charge in [-0.1, -0.05) is 29.8 Å². The third-order valence-corrected chi connectivity index (χ3v) is 4.92. The van der Waals surface area contributed by atoms with Crippen LogP contribution in [0.5, 0.6) is 0 Å². The average molecular weight is 358 g/mol. The Morgan fingerprint density at radius 1 is 1.16 bits per heavy atom. The van der Waals surface area contributed by atoms with Gasteiger partial charge in [-0.15, -0.1) is 0 Å². The minimum absolute atomic E-state index is 0.152. The molecular formula is C20H24ClN3O. The highest BCUT2D eigenvalue weighted by molar-refractivity contribution is 6.30. The molecule has 2 aromatic rings. The molecule has 0 spiro atoms. The van der Waals surface area contributed by atoms with Crippen molar-refractivity contribution in [3.8, 4) is 0 Å². The molecule has 1 amide bonds. The molecule has 25 heavy (non-hydrogen) atoms. The Labute approximate surface area is 154 Å². The molecule has 0 saturated carbocycles. The highest BCUT2D eigenvalue weighted by atomic mass is 35.5. The molecule has 1 fully saturated rings. The van der Waals surface area contributed by atoms with E-state index in [1.54, 1.807) is 6.92 Å². The third kappa shape index (κ3) is 5.28. The summed E-state index contributed by atoms with van der Waals surface area (Å²) in [7, 11) is 0. The number of nitrogens with zero attached hydrogens (tertiary/aromatic N) is 3. The molecule has 0 aliphatic carbocycles. The van der Waals surface area contributed by atoms with Crippen LogP contribution in [-0.2, 0) is 17.8 Å². The number of carbonyl (C=O) groups is 1. The van der Waals surface area contributed by atoms with E-state index in [0.717, 1.165) is 49.9 Å². The molecule has 1 aromatic heterocycles. The van der Waals surface area contributed by atoms with Crippen LogP contribution in [0.1, 0.15) is 18.2 Å². The van der Waals surface area contributed by atoms with Crippen LogP contribution >= 0.6 is 11.6 Å². The summed E-state index contributed by atoms with van der Waals surface area (Å²) in [5, 5.41) is 0.760. The molecule has 5 heteroatoms. The lowest BCUT2D eigenvalue weighted by atomic mass is 10.0. The van der Waals surface area contributed by atoms with E-state index in [1.165, 1.54) is 5.56 Å². The maximum Gasteiger partial charge on any atom is 0.219 e. The number of hydrogen-bond acceptors (Lipinski definition) is 3. The summed E-state index contributed by atoms with van der Waals surface area (Å²) in [4.78, 5) is 20.8. The predicted molar refractivity (Wildman–Crippen MR) is 100 cm³/mol. The normalized spacial score (nSPS) is 18.8. The van der Waals surface area contributed by atoms with Gasteiger partial charge in [-0.2, -0.15) is 0 Å². The Morgan fingerprint density at radius 2 is 1.96 bits per heavy atom. The molecule has 1 aromatic carbocycles.